The van der Waals surface area contributed by atoms with Gasteiger partial charge >= 0.3 is 0 Å². The molecule has 1 fully saturated rings. The molecule has 0 amide bonds. The summed E-state index contributed by atoms with van der Waals surface area (Å²) >= 11 is 0. The molecule has 1 aromatic carbocycles. The molecule has 0 bridgehead atoms. The number of nitrogens with one attached hydrogen (secondary N) is 1. The SMILES string of the molecule is CCC1CN(C)CCCN1Cc1cc(CNC)ccc1F. The molecule has 1 N–H and O–H groups in total. The van der Waals surface area contributed by atoms with Gasteiger partial charge in [0.1, 0.15) is 5.82 Å². The van der Waals surface area contributed by atoms with Gasteiger partial charge in [-0.1, -0.05) is 19.1 Å². The molecule has 1 aromatic rings. The molecular formula is C17H28FN3. The molecule has 1 unspecified atom stereocenters. The maximum absolute atomic E-state index is 14.1. The average molecular weight is 293 g/mol. The maximum Gasteiger partial charge on any atom is 0.127 e. The number of nitrogens with zero attached hydrogens (tertiary/aromatic N) is 2. The third-order valence-electron chi connectivity index (χ3n) is 4.36. The number of likely N-dealkylation sites (N-methyl/N-ethyl adjacent to an activating group) is 1. The fourth-order valence-corrected chi connectivity index (χ4v) is 3.17. The zero-order valence-electron chi connectivity index (χ0n) is 13.5. The maximum atomic E-state index is 14.1. The van der Waals surface area contributed by atoms with Crippen molar-refractivity contribution in [3.05, 3.63) is 35.1 Å². The predicted molar refractivity (Wildman–Crippen MR) is 85.8 cm³/mol. The molecule has 0 radical (unpaired) electrons. The summed E-state index contributed by atoms with van der Waals surface area (Å²) in [5.41, 5.74) is 1.97. The van der Waals surface area contributed by atoms with E-state index in [0.29, 0.717) is 6.04 Å². The van der Waals surface area contributed by atoms with E-state index in [2.05, 4.69) is 29.1 Å². The topological polar surface area (TPSA) is 18.5 Å². The molecule has 1 aliphatic rings. The molecule has 2 rings (SSSR count). The van der Waals surface area contributed by atoms with Crippen molar-refractivity contribution >= 4 is 0 Å². The lowest BCUT2D eigenvalue weighted by Crippen LogP contribution is -2.39. The van der Waals surface area contributed by atoms with E-state index in [1.54, 1.807) is 6.07 Å². The Kier molecular flexibility index (Phi) is 6.15. The highest BCUT2D eigenvalue weighted by molar-refractivity contribution is 5.25. The molecule has 0 aromatic heterocycles. The van der Waals surface area contributed by atoms with Crippen LogP contribution in [0.4, 0.5) is 4.39 Å². The zero-order chi connectivity index (χ0) is 15.2. The summed E-state index contributed by atoms with van der Waals surface area (Å²) in [5, 5.41) is 3.13. The van der Waals surface area contributed by atoms with Gasteiger partial charge in [0.2, 0.25) is 0 Å². The summed E-state index contributed by atoms with van der Waals surface area (Å²) in [6.07, 6.45) is 2.27. The smallest absolute Gasteiger partial charge is 0.127 e. The van der Waals surface area contributed by atoms with Gasteiger partial charge in [0, 0.05) is 37.8 Å². The number of halogens is 1. The van der Waals surface area contributed by atoms with Gasteiger partial charge in [-0.3, -0.25) is 4.90 Å². The third kappa shape index (κ3) is 4.50. The van der Waals surface area contributed by atoms with Crippen LogP contribution in [0.2, 0.25) is 0 Å². The van der Waals surface area contributed by atoms with Crippen molar-refractivity contribution in [2.45, 2.75) is 38.9 Å². The highest BCUT2D eigenvalue weighted by Gasteiger charge is 2.22. The molecule has 1 heterocycles. The standard InChI is InChI=1S/C17H28FN3/c1-4-16-13-20(3)8-5-9-21(16)12-15-10-14(11-19-2)6-7-17(15)18/h6-7,10,16,19H,4-5,8-9,11-13H2,1-3H3. The van der Waals surface area contributed by atoms with Crippen molar-refractivity contribution in [2.75, 3.05) is 33.7 Å². The van der Waals surface area contributed by atoms with E-state index >= 15 is 0 Å². The first-order chi connectivity index (χ1) is 10.1. The van der Waals surface area contributed by atoms with E-state index in [4.69, 9.17) is 0 Å². The van der Waals surface area contributed by atoms with Crippen molar-refractivity contribution in [2.24, 2.45) is 0 Å². The Bertz CT molecular complexity index is 450. The van der Waals surface area contributed by atoms with Gasteiger partial charge in [0.15, 0.2) is 0 Å². The van der Waals surface area contributed by atoms with Gasteiger partial charge in [0.05, 0.1) is 0 Å². The van der Waals surface area contributed by atoms with Gasteiger partial charge in [-0.15, -0.1) is 0 Å². The second kappa shape index (κ2) is 7.87. The van der Waals surface area contributed by atoms with Crippen LogP contribution in [0.5, 0.6) is 0 Å². The quantitative estimate of drug-likeness (QED) is 0.900. The minimum absolute atomic E-state index is 0.0812. The Hall–Kier alpha value is -0.970. The van der Waals surface area contributed by atoms with Crippen molar-refractivity contribution in [3.8, 4) is 0 Å². The van der Waals surface area contributed by atoms with Crippen molar-refractivity contribution in [1.29, 1.82) is 0 Å². The van der Waals surface area contributed by atoms with Crippen LogP contribution in [0, 0.1) is 5.82 Å². The lowest BCUT2D eigenvalue weighted by molar-refractivity contribution is 0.174. The summed E-state index contributed by atoms with van der Waals surface area (Å²) in [6, 6.07) is 5.99. The fraction of sp³-hybridized carbons (Fsp3) is 0.647. The van der Waals surface area contributed by atoms with Crippen LogP contribution < -0.4 is 5.32 Å². The van der Waals surface area contributed by atoms with Crippen LogP contribution in [0.3, 0.4) is 0 Å². The molecular weight excluding hydrogens is 265 g/mol. The van der Waals surface area contributed by atoms with E-state index in [9.17, 15) is 4.39 Å². The Morgan fingerprint density at radius 2 is 2.14 bits per heavy atom. The first kappa shape index (κ1) is 16.4. The molecule has 0 aliphatic carbocycles. The molecule has 118 valence electrons. The van der Waals surface area contributed by atoms with Gasteiger partial charge < -0.3 is 10.2 Å². The second-order valence-corrected chi connectivity index (χ2v) is 6.10. The van der Waals surface area contributed by atoms with Crippen molar-refractivity contribution < 1.29 is 4.39 Å². The van der Waals surface area contributed by atoms with Gasteiger partial charge in [-0.25, -0.2) is 4.39 Å². The monoisotopic (exact) mass is 293 g/mol. The highest BCUT2D eigenvalue weighted by atomic mass is 19.1. The van der Waals surface area contributed by atoms with Gasteiger partial charge in [0.25, 0.3) is 0 Å². The highest BCUT2D eigenvalue weighted by Crippen LogP contribution is 2.18. The molecule has 1 saturated heterocycles. The number of hydrogen-bond acceptors (Lipinski definition) is 3. The van der Waals surface area contributed by atoms with E-state index < -0.39 is 0 Å². The Labute approximate surface area is 128 Å². The average Bonchev–Trinajstić information content (AvgIpc) is 2.64. The zero-order valence-corrected chi connectivity index (χ0v) is 13.5. The van der Waals surface area contributed by atoms with Crippen LogP contribution in [-0.4, -0.2) is 49.6 Å². The third-order valence-corrected chi connectivity index (χ3v) is 4.36. The Balaban J connectivity index is 2.13. The summed E-state index contributed by atoms with van der Waals surface area (Å²) in [6.45, 7) is 7.00. The molecule has 0 spiro atoms. The second-order valence-electron chi connectivity index (χ2n) is 6.10. The number of hydrogen-bond donors (Lipinski definition) is 1. The molecule has 21 heavy (non-hydrogen) atoms. The molecule has 1 aliphatic heterocycles. The van der Waals surface area contributed by atoms with E-state index in [1.165, 1.54) is 0 Å². The van der Waals surface area contributed by atoms with Crippen molar-refractivity contribution in [1.82, 2.24) is 15.1 Å². The summed E-state index contributed by atoms with van der Waals surface area (Å²) in [4.78, 5) is 4.84. The summed E-state index contributed by atoms with van der Waals surface area (Å²) in [7, 11) is 4.10. The Morgan fingerprint density at radius 1 is 1.33 bits per heavy atom. The minimum atomic E-state index is -0.0812. The van der Waals surface area contributed by atoms with Crippen LogP contribution in [0.15, 0.2) is 18.2 Å². The van der Waals surface area contributed by atoms with Crippen LogP contribution in [-0.2, 0) is 13.1 Å². The predicted octanol–water partition coefficient (Wildman–Crippen LogP) is 2.46. The van der Waals surface area contributed by atoms with E-state index in [1.807, 2.05) is 19.2 Å². The first-order valence-electron chi connectivity index (χ1n) is 7.98. The summed E-state index contributed by atoms with van der Waals surface area (Å²) in [5.74, 6) is -0.0812. The Morgan fingerprint density at radius 3 is 2.86 bits per heavy atom. The van der Waals surface area contributed by atoms with Crippen LogP contribution in [0.25, 0.3) is 0 Å². The largest absolute Gasteiger partial charge is 0.316 e. The lowest BCUT2D eigenvalue weighted by Gasteiger charge is -2.30. The van der Waals surface area contributed by atoms with E-state index in [0.717, 1.165) is 56.7 Å². The fourth-order valence-electron chi connectivity index (χ4n) is 3.17. The minimum Gasteiger partial charge on any atom is -0.316 e. The van der Waals surface area contributed by atoms with Crippen molar-refractivity contribution in [3.63, 3.8) is 0 Å². The molecule has 0 saturated carbocycles. The van der Waals surface area contributed by atoms with Gasteiger partial charge in [-0.05, 0) is 45.1 Å². The molecule has 4 heteroatoms. The van der Waals surface area contributed by atoms with E-state index in [-0.39, 0.29) is 5.82 Å². The molecule has 3 nitrogen and oxygen atoms in total. The number of benzene rings is 1. The molecule has 1 atom stereocenters. The normalized spacial score (nSPS) is 21.4. The van der Waals surface area contributed by atoms with Gasteiger partial charge in [-0.2, -0.15) is 0 Å². The van der Waals surface area contributed by atoms with Crippen LogP contribution in [0.1, 0.15) is 30.9 Å². The van der Waals surface area contributed by atoms with Crippen LogP contribution >= 0.6 is 0 Å². The lowest BCUT2D eigenvalue weighted by atomic mass is 10.1. The number of rotatable bonds is 5. The first-order valence-corrected chi connectivity index (χ1v) is 7.98. The summed E-state index contributed by atoms with van der Waals surface area (Å²) < 4.78 is 14.1.